The van der Waals surface area contributed by atoms with E-state index in [1.54, 1.807) is 38.1 Å². The van der Waals surface area contributed by atoms with Crippen molar-refractivity contribution in [1.82, 2.24) is 0 Å². The van der Waals surface area contributed by atoms with Gasteiger partial charge in [-0.05, 0) is 160 Å². The second-order valence-corrected chi connectivity index (χ2v) is 21.3. The van der Waals surface area contributed by atoms with Gasteiger partial charge in [0.15, 0.2) is 0 Å². The van der Waals surface area contributed by atoms with Crippen molar-refractivity contribution in [3.63, 3.8) is 0 Å². The minimum Gasteiger partial charge on any atom is -0.493 e. The number of allylic oxidation sites excluding steroid dienone is 2. The Morgan fingerprint density at radius 3 is 0.845 bits per heavy atom. The zero-order chi connectivity index (χ0) is 51.6. The van der Waals surface area contributed by atoms with Crippen molar-refractivity contribution in [2.75, 3.05) is 0 Å². The molecule has 2 aromatic rings. The van der Waals surface area contributed by atoms with Crippen molar-refractivity contribution in [2.45, 2.75) is 326 Å². The molecular weight excluding hydrogens is 903 g/mol. The minimum absolute atomic E-state index is 0. The summed E-state index contributed by atoms with van der Waals surface area (Å²) in [4.78, 5) is 0. The van der Waals surface area contributed by atoms with Crippen LogP contribution in [0.2, 0.25) is 0 Å². The fourth-order valence-corrected chi connectivity index (χ4v) is 10.4. The predicted octanol–water partition coefficient (Wildman–Crippen LogP) is 23.2. The minimum atomic E-state index is 0. The van der Waals surface area contributed by atoms with Gasteiger partial charge in [0, 0.05) is 22.3 Å². The Hall–Kier alpha value is -1.99. The summed E-state index contributed by atoms with van der Waals surface area (Å²) >= 11 is 0. The van der Waals surface area contributed by atoms with E-state index in [0.717, 1.165) is 75.6 Å². The first-order valence-electron chi connectivity index (χ1n) is 31.1. The van der Waals surface area contributed by atoms with Crippen molar-refractivity contribution in [1.29, 1.82) is 0 Å². The van der Waals surface area contributed by atoms with Gasteiger partial charge in [-0.3, -0.25) is 0 Å². The maximum Gasteiger partial charge on any atom is 2.00 e. The Balaban J connectivity index is 0.00000246. The van der Waals surface area contributed by atoms with E-state index < -0.39 is 0 Å². The van der Waals surface area contributed by atoms with Crippen LogP contribution in [0.25, 0.3) is 16.9 Å². The molecule has 0 fully saturated rings. The summed E-state index contributed by atoms with van der Waals surface area (Å²) in [6.07, 6.45) is 49.7. The first kappa shape index (κ1) is 69.0. The Bertz CT molecular complexity index is 1600. The van der Waals surface area contributed by atoms with Crippen LogP contribution in [-0.2, 0) is 55.0 Å². The van der Waals surface area contributed by atoms with Crippen molar-refractivity contribution in [3.05, 3.63) is 99.3 Å². The molecule has 1 aliphatic rings. The Morgan fingerprint density at radius 2 is 0.549 bits per heavy atom. The summed E-state index contributed by atoms with van der Waals surface area (Å²) < 4.78 is 1.72. The van der Waals surface area contributed by atoms with Gasteiger partial charge in [0.05, 0.1) is 0 Å². The van der Waals surface area contributed by atoms with Gasteiger partial charge in [-0.1, -0.05) is 210 Å². The van der Waals surface area contributed by atoms with Crippen LogP contribution in [0, 0.1) is 13.8 Å². The molecule has 0 saturated heterocycles. The van der Waals surface area contributed by atoms with Crippen LogP contribution < -0.4 is 0 Å². The average molecular weight is 1020 g/mol. The number of unbranched alkanes of at least 4 members (excludes halogenated alkanes) is 22. The van der Waals surface area contributed by atoms with Crippen LogP contribution in [0.4, 0.5) is 0 Å². The number of nitrogens with zero attached hydrogens (tertiary/aromatic N) is 2. The fourth-order valence-electron chi connectivity index (χ4n) is 10.4. The maximum atomic E-state index is 12.9. The molecule has 71 heavy (non-hydrogen) atoms. The van der Waals surface area contributed by atoms with Crippen LogP contribution in [0.5, 0.6) is 0 Å². The Morgan fingerprint density at radius 1 is 0.310 bits per heavy atom. The molecule has 0 amide bonds. The van der Waals surface area contributed by atoms with Crippen LogP contribution in [0.3, 0.4) is 0 Å². The van der Waals surface area contributed by atoms with Gasteiger partial charge in [0.25, 0.3) is 0 Å². The SMILES string of the molecule is CCCCCCCCC1=C(c2cc(CCCC)c(CCCC)c(CCCC)c2)[N+](=[N-])C(c2cc(CCCC)c(CCCC)c(CCCC)c2)=C1CCCC.[CH2-]CCCCCCC.[CH2-]CCCCCCC.[Ni+2]. The van der Waals surface area contributed by atoms with Crippen molar-refractivity contribution in [3.8, 4) is 0 Å². The summed E-state index contributed by atoms with van der Waals surface area (Å²) in [5, 5.41) is 0. The number of benzene rings is 2. The molecule has 0 radical (unpaired) electrons. The Kier molecular flexibility index (Phi) is 45.2. The van der Waals surface area contributed by atoms with E-state index in [9.17, 15) is 5.53 Å². The first-order valence-corrected chi connectivity index (χ1v) is 31.1. The van der Waals surface area contributed by atoms with E-state index in [2.05, 4.69) is 107 Å². The molecule has 1 aliphatic heterocycles. The molecule has 0 unspecified atom stereocenters. The summed E-state index contributed by atoms with van der Waals surface area (Å²) in [7, 11) is 0. The van der Waals surface area contributed by atoms with Gasteiger partial charge >= 0.3 is 16.5 Å². The molecule has 3 heteroatoms. The molecule has 410 valence electrons. The summed E-state index contributed by atoms with van der Waals surface area (Å²) in [6.45, 7) is 30.7. The monoisotopic (exact) mass is 1020 g/mol. The summed E-state index contributed by atoms with van der Waals surface area (Å²) in [5.74, 6) is 0. The normalized spacial score (nSPS) is 12.3. The predicted molar refractivity (Wildman–Crippen MR) is 317 cm³/mol. The van der Waals surface area contributed by atoms with E-state index in [0.29, 0.717) is 0 Å². The molecular formula is C68H118N2Ni. The van der Waals surface area contributed by atoms with Crippen LogP contribution in [0.1, 0.15) is 332 Å². The number of hydrogen-bond acceptors (Lipinski definition) is 0. The summed E-state index contributed by atoms with van der Waals surface area (Å²) in [6, 6.07) is 10.1. The molecule has 0 atom stereocenters. The first-order chi connectivity index (χ1) is 34.3. The van der Waals surface area contributed by atoms with E-state index in [4.69, 9.17) is 0 Å². The number of rotatable bonds is 40. The maximum absolute atomic E-state index is 12.9. The third-order valence-electron chi connectivity index (χ3n) is 14.8. The molecule has 0 aliphatic carbocycles. The zero-order valence-electron chi connectivity index (χ0n) is 49.2. The standard InChI is InChI=1S/C52H84N2.2C8H17.Ni/c1-9-17-25-26-27-28-36-50-49(35-24-16-8)51(45-37-41(29-18-10-2)47(33-22-14-6)42(38-45)30-19-11-3)54(53)52(50)46-39-43(31-20-12-4)48(34-23-15-7)44(40-46)32-21-13-5;2*1-3-5-7-8-6-4-2;/h37-40H,9-36H2,1-8H3;2*1,3-8H2,2H3;/q;2*-1;+2. The van der Waals surface area contributed by atoms with Gasteiger partial charge in [-0.2, -0.15) is 12.8 Å². The van der Waals surface area contributed by atoms with Crippen molar-refractivity contribution >= 4 is 11.4 Å². The Labute approximate surface area is 455 Å². The van der Waals surface area contributed by atoms with Gasteiger partial charge in [-0.25, -0.2) is 4.70 Å². The van der Waals surface area contributed by atoms with E-state index in [1.807, 2.05) is 0 Å². The fraction of sp³-hybridized carbons (Fsp3) is 0.735. The molecule has 0 spiro atoms. The molecule has 3 rings (SSSR count). The van der Waals surface area contributed by atoms with Crippen molar-refractivity contribution < 1.29 is 21.2 Å². The average Bonchev–Trinajstić information content (AvgIpc) is 3.65. The number of aryl methyl sites for hydroxylation is 4. The third-order valence-corrected chi connectivity index (χ3v) is 14.8. The van der Waals surface area contributed by atoms with Crippen LogP contribution in [0.15, 0.2) is 35.4 Å². The van der Waals surface area contributed by atoms with Gasteiger partial charge in [-0.15, -0.1) is 0 Å². The summed E-state index contributed by atoms with van der Waals surface area (Å²) in [5.41, 5.74) is 29.8. The van der Waals surface area contributed by atoms with E-state index >= 15 is 0 Å². The quantitative estimate of drug-likeness (QED) is 0.0275. The van der Waals surface area contributed by atoms with Crippen LogP contribution >= 0.6 is 0 Å². The van der Waals surface area contributed by atoms with E-state index in [-0.39, 0.29) is 16.5 Å². The van der Waals surface area contributed by atoms with E-state index in [1.165, 1.54) is 215 Å². The molecule has 0 saturated carbocycles. The third kappa shape index (κ3) is 27.4. The molecule has 2 nitrogen and oxygen atoms in total. The van der Waals surface area contributed by atoms with Gasteiger partial charge in [0.2, 0.25) is 11.4 Å². The van der Waals surface area contributed by atoms with Gasteiger partial charge < -0.3 is 19.4 Å². The largest absolute Gasteiger partial charge is 2.00 e. The second kappa shape index (κ2) is 46.5. The molecule has 0 N–H and O–H groups in total. The molecule has 2 aromatic carbocycles. The second-order valence-electron chi connectivity index (χ2n) is 21.3. The molecule has 1 heterocycles. The van der Waals surface area contributed by atoms with Crippen LogP contribution in [-0.4, -0.2) is 4.70 Å². The molecule has 0 aromatic heterocycles. The molecule has 0 bridgehead atoms. The topological polar surface area (TPSA) is 25.3 Å². The van der Waals surface area contributed by atoms with Crippen molar-refractivity contribution in [2.24, 2.45) is 0 Å². The smallest absolute Gasteiger partial charge is 0.493 e. The number of hydrogen-bond donors (Lipinski definition) is 0. The zero-order valence-corrected chi connectivity index (χ0v) is 50.2. The van der Waals surface area contributed by atoms with Gasteiger partial charge in [0.1, 0.15) is 0 Å².